The maximum absolute atomic E-state index is 15.5. The summed E-state index contributed by atoms with van der Waals surface area (Å²) in [6.45, 7) is 1.90. The van der Waals surface area contributed by atoms with E-state index in [9.17, 15) is 0 Å². The van der Waals surface area contributed by atoms with Crippen LogP contribution in [-0.2, 0) is 10.4 Å². The molecular formula is C17H13BrFNOS. The zero-order valence-electron chi connectivity index (χ0n) is 11.8. The number of hydrogen-bond acceptors (Lipinski definition) is 3. The summed E-state index contributed by atoms with van der Waals surface area (Å²) in [7, 11) is 0. The van der Waals surface area contributed by atoms with Crippen LogP contribution in [0, 0.1) is 0 Å². The first-order valence-corrected chi connectivity index (χ1v) is 8.60. The van der Waals surface area contributed by atoms with Crippen molar-refractivity contribution in [2.75, 3.05) is 6.54 Å². The maximum atomic E-state index is 15.5. The first-order valence-electron chi connectivity index (χ1n) is 6.99. The van der Waals surface area contributed by atoms with Crippen molar-refractivity contribution < 1.29 is 9.13 Å². The topological polar surface area (TPSA) is 21.6 Å². The van der Waals surface area contributed by atoms with E-state index in [2.05, 4.69) is 20.9 Å². The largest absolute Gasteiger partial charge is 0.453 e. The molecule has 0 fully saturated rings. The molecule has 0 saturated carbocycles. The van der Waals surface area contributed by atoms with Crippen molar-refractivity contribution in [1.29, 1.82) is 0 Å². The van der Waals surface area contributed by atoms with E-state index >= 15 is 4.39 Å². The number of ether oxygens (including phenoxy) is 1. The number of hydrogen-bond donors (Lipinski definition) is 0. The average Bonchev–Trinajstić information content (AvgIpc) is 3.02. The molecule has 2 nitrogen and oxygen atoms in total. The van der Waals surface area contributed by atoms with E-state index in [0.29, 0.717) is 18.0 Å². The maximum Gasteiger partial charge on any atom is 0.218 e. The third kappa shape index (κ3) is 1.95. The Hall–Kier alpha value is -1.33. The Balaban J connectivity index is 1.68. The van der Waals surface area contributed by atoms with Gasteiger partial charge in [-0.05, 0) is 37.3 Å². The molecule has 4 rings (SSSR count). The lowest BCUT2D eigenvalue weighted by Crippen LogP contribution is -2.43. The van der Waals surface area contributed by atoms with Crippen LogP contribution in [-0.4, -0.2) is 17.4 Å². The smallest absolute Gasteiger partial charge is 0.218 e. The van der Waals surface area contributed by atoms with Crippen LogP contribution in [0.25, 0.3) is 0 Å². The summed E-state index contributed by atoms with van der Waals surface area (Å²) in [5.41, 5.74) is -0.0193. The molecule has 0 saturated heterocycles. The molecule has 2 aliphatic rings. The summed E-state index contributed by atoms with van der Waals surface area (Å²) < 4.78 is 22.5. The number of thioether (sulfide) groups is 1. The van der Waals surface area contributed by atoms with Crippen LogP contribution in [0.2, 0.25) is 0 Å². The van der Waals surface area contributed by atoms with Gasteiger partial charge in [0.05, 0.1) is 6.54 Å². The standard InChI is InChI=1S/C17H13BrFNOS/c1-16(19)13-4-2-3-5-14(13)22-17(16)10-20-15(21-17)11-6-8-12(18)9-7-11/h2-9H,10H2,1H3/t16-,17-/m0/s1. The van der Waals surface area contributed by atoms with Crippen LogP contribution in [0.5, 0.6) is 0 Å². The molecular weight excluding hydrogens is 365 g/mol. The lowest BCUT2D eigenvalue weighted by molar-refractivity contribution is 0.00760. The third-order valence-corrected chi connectivity index (χ3v) is 6.20. The summed E-state index contributed by atoms with van der Waals surface area (Å²) in [6, 6.07) is 15.3. The van der Waals surface area contributed by atoms with E-state index in [1.807, 2.05) is 48.5 Å². The van der Waals surface area contributed by atoms with E-state index in [4.69, 9.17) is 4.74 Å². The Kier molecular flexibility index (Phi) is 3.13. The van der Waals surface area contributed by atoms with Crippen LogP contribution in [0.15, 0.2) is 62.9 Å². The van der Waals surface area contributed by atoms with E-state index in [-0.39, 0.29) is 0 Å². The van der Waals surface area contributed by atoms with Gasteiger partial charge in [0.1, 0.15) is 0 Å². The van der Waals surface area contributed by atoms with Crippen molar-refractivity contribution in [3.63, 3.8) is 0 Å². The van der Waals surface area contributed by atoms with E-state index in [1.165, 1.54) is 11.8 Å². The second-order valence-corrected chi connectivity index (χ2v) is 7.80. The second-order valence-electron chi connectivity index (χ2n) is 5.58. The van der Waals surface area contributed by atoms with Crippen LogP contribution >= 0.6 is 27.7 Å². The van der Waals surface area contributed by atoms with Crippen molar-refractivity contribution in [3.05, 3.63) is 64.1 Å². The van der Waals surface area contributed by atoms with Crippen molar-refractivity contribution in [1.82, 2.24) is 0 Å². The minimum Gasteiger partial charge on any atom is -0.453 e. The SMILES string of the molecule is C[C@]1(F)c2ccccc2S[C@@]12CN=C(c1ccc(Br)cc1)O2. The van der Waals surface area contributed by atoms with Gasteiger partial charge in [-0.25, -0.2) is 9.38 Å². The first kappa shape index (κ1) is 14.3. The number of nitrogens with zero attached hydrogens (tertiary/aromatic N) is 1. The lowest BCUT2D eigenvalue weighted by atomic mass is 9.92. The van der Waals surface area contributed by atoms with Gasteiger partial charge in [-0.15, -0.1) is 0 Å². The highest BCUT2D eigenvalue weighted by atomic mass is 79.9. The van der Waals surface area contributed by atoms with Crippen molar-refractivity contribution in [2.24, 2.45) is 4.99 Å². The quantitative estimate of drug-likeness (QED) is 0.703. The van der Waals surface area contributed by atoms with Gasteiger partial charge < -0.3 is 4.74 Å². The monoisotopic (exact) mass is 377 g/mol. The highest BCUT2D eigenvalue weighted by Gasteiger charge is 2.61. The van der Waals surface area contributed by atoms with Crippen LogP contribution in [0.1, 0.15) is 18.1 Å². The normalized spacial score (nSPS) is 29.3. The summed E-state index contributed by atoms with van der Waals surface area (Å²) in [4.78, 5) is 4.40. The number of halogens is 2. The molecule has 22 heavy (non-hydrogen) atoms. The highest BCUT2D eigenvalue weighted by Crippen LogP contribution is 2.59. The molecule has 0 unspecified atom stereocenters. The predicted molar refractivity (Wildman–Crippen MR) is 90.1 cm³/mol. The molecule has 2 aromatic carbocycles. The Bertz CT molecular complexity index is 774. The fourth-order valence-electron chi connectivity index (χ4n) is 2.86. The van der Waals surface area contributed by atoms with Gasteiger partial charge in [0.25, 0.3) is 0 Å². The molecule has 0 bridgehead atoms. The van der Waals surface area contributed by atoms with Crippen LogP contribution < -0.4 is 0 Å². The van der Waals surface area contributed by atoms with Gasteiger partial charge in [0, 0.05) is 20.5 Å². The van der Waals surface area contributed by atoms with Gasteiger partial charge in [-0.1, -0.05) is 45.9 Å². The Labute approximate surface area is 140 Å². The molecule has 0 amide bonds. The highest BCUT2D eigenvalue weighted by molar-refractivity contribution is 9.10. The molecule has 112 valence electrons. The minimum absolute atomic E-state index is 0.310. The summed E-state index contributed by atoms with van der Waals surface area (Å²) in [5.74, 6) is 0.511. The van der Waals surface area contributed by atoms with E-state index < -0.39 is 10.6 Å². The van der Waals surface area contributed by atoms with E-state index in [0.717, 1.165) is 14.9 Å². The summed E-state index contributed by atoms with van der Waals surface area (Å²) in [6.07, 6.45) is 0. The fraction of sp³-hybridized carbons (Fsp3) is 0.235. The van der Waals surface area contributed by atoms with Gasteiger partial charge in [0.15, 0.2) is 5.67 Å². The predicted octanol–water partition coefficient (Wildman–Crippen LogP) is 4.91. The zero-order valence-corrected chi connectivity index (χ0v) is 14.2. The fourth-order valence-corrected chi connectivity index (χ4v) is 4.55. The zero-order chi connectivity index (χ0) is 15.4. The molecule has 0 radical (unpaired) electrons. The Morgan fingerprint density at radius 3 is 2.64 bits per heavy atom. The minimum atomic E-state index is -1.57. The van der Waals surface area contributed by atoms with Gasteiger partial charge >= 0.3 is 0 Å². The number of fused-ring (bicyclic) bond motifs is 1. The van der Waals surface area contributed by atoms with E-state index in [1.54, 1.807) is 6.92 Å². The molecule has 5 heteroatoms. The van der Waals surface area contributed by atoms with Gasteiger partial charge in [-0.3, -0.25) is 0 Å². The molecule has 2 heterocycles. The van der Waals surface area contributed by atoms with Gasteiger partial charge in [0.2, 0.25) is 10.8 Å². The molecule has 0 aliphatic carbocycles. The Morgan fingerprint density at radius 1 is 1.18 bits per heavy atom. The number of aliphatic imine (C=N–C) groups is 1. The Morgan fingerprint density at radius 2 is 1.91 bits per heavy atom. The second kappa shape index (κ2) is 4.83. The lowest BCUT2D eigenvalue weighted by Gasteiger charge is -2.32. The van der Waals surface area contributed by atoms with Crippen molar-refractivity contribution >= 4 is 33.6 Å². The molecule has 0 N–H and O–H groups in total. The van der Waals surface area contributed by atoms with Crippen LogP contribution in [0.3, 0.4) is 0 Å². The van der Waals surface area contributed by atoms with Crippen LogP contribution in [0.4, 0.5) is 4.39 Å². The number of rotatable bonds is 1. The molecule has 1 spiro atoms. The third-order valence-electron chi connectivity index (χ3n) is 4.17. The van der Waals surface area contributed by atoms with Crippen molar-refractivity contribution in [3.8, 4) is 0 Å². The molecule has 2 aliphatic heterocycles. The molecule has 0 aromatic heterocycles. The summed E-state index contributed by atoms with van der Waals surface area (Å²) >= 11 is 4.84. The van der Waals surface area contributed by atoms with Gasteiger partial charge in [-0.2, -0.15) is 0 Å². The van der Waals surface area contributed by atoms with Crippen molar-refractivity contribution in [2.45, 2.75) is 22.4 Å². The first-order chi connectivity index (χ1) is 10.5. The number of benzene rings is 2. The number of alkyl halides is 1. The summed E-state index contributed by atoms with van der Waals surface area (Å²) in [5, 5.41) is 0. The molecule has 2 atom stereocenters. The average molecular weight is 378 g/mol. The molecule has 2 aromatic rings.